The summed E-state index contributed by atoms with van der Waals surface area (Å²) in [7, 11) is 0. The number of hydrogen-bond donors (Lipinski definition) is 2. The molecule has 1 aliphatic heterocycles. The van der Waals surface area contributed by atoms with Gasteiger partial charge in [-0.3, -0.25) is 4.98 Å². The number of nitrogens with one attached hydrogen (secondary N) is 1. The van der Waals surface area contributed by atoms with Crippen molar-refractivity contribution in [3.05, 3.63) is 64.9 Å². The SMILES string of the molecule is O=C(N[C@@H](c1cccc(Cl)c1)c1ccccn1)N1CCC[C@H]1CO. The Hall–Kier alpha value is -2.11. The van der Waals surface area contributed by atoms with Gasteiger partial charge in [0.25, 0.3) is 0 Å². The van der Waals surface area contributed by atoms with Crippen LogP contribution >= 0.6 is 11.6 Å². The molecule has 2 aromatic rings. The standard InChI is InChI=1S/C18H20ClN3O2/c19-14-6-3-5-13(11-14)17(16-8-1-2-9-20-16)21-18(24)22-10-4-7-15(22)12-23/h1-3,5-6,8-9,11,15,17,23H,4,7,10,12H2,(H,21,24)/t15-,17-/m0/s1. The Bertz CT molecular complexity index is 696. The van der Waals surface area contributed by atoms with Crippen molar-refractivity contribution in [3.63, 3.8) is 0 Å². The average molecular weight is 346 g/mol. The van der Waals surface area contributed by atoms with Gasteiger partial charge in [-0.2, -0.15) is 0 Å². The van der Waals surface area contributed by atoms with Crippen molar-refractivity contribution in [1.29, 1.82) is 0 Å². The molecule has 2 heterocycles. The van der Waals surface area contributed by atoms with Gasteiger partial charge in [-0.1, -0.05) is 29.8 Å². The molecular formula is C18H20ClN3O2. The van der Waals surface area contributed by atoms with Gasteiger partial charge in [-0.05, 0) is 42.7 Å². The number of carbonyl (C=O) groups excluding carboxylic acids is 1. The third kappa shape index (κ3) is 3.68. The molecule has 126 valence electrons. The van der Waals surface area contributed by atoms with Crippen LogP contribution < -0.4 is 5.32 Å². The van der Waals surface area contributed by atoms with Gasteiger partial charge in [0.1, 0.15) is 0 Å². The fourth-order valence-electron chi connectivity index (χ4n) is 3.06. The van der Waals surface area contributed by atoms with Crippen LogP contribution in [0, 0.1) is 0 Å². The second-order valence-electron chi connectivity index (χ2n) is 5.86. The smallest absolute Gasteiger partial charge is 0.318 e. The van der Waals surface area contributed by atoms with Gasteiger partial charge in [0.15, 0.2) is 0 Å². The first kappa shape index (κ1) is 16.7. The molecule has 1 aliphatic rings. The van der Waals surface area contributed by atoms with Gasteiger partial charge >= 0.3 is 6.03 Å². The summed E-state index contributed by atoms with van der Waals surface area (Å²) in [6.45, 7) is 0.639. The summed E-state index contributed by atoms with van der Waals surface area (Å²) in [5.41, 5.74) is 1.61. The number of aliphatic hydroxyl groups excluding tert-OH is 1. The summed E-state index contributed by atoms with van der Waals surface area (Å²) < 4.78 is 0. The molecule has 2 amide bonds. The summed E-state index contributed by atoms with van der Waals surface area (Å²) in [6, 6.07) is 12.3. The fraction of sp³-hybridized carbons (Fsp3) is 0.333. The molecule has 0 saturated carbocycles. The third-order valence-corrected chi connectivity index (χ3v) is 4.52. The number of benzene rings is 1. The van der Waals surface area contributed by atoms with Gasteiger partial charge in [-0.15, -0.1) is 0 Å². The lowest BCUT2D eigenvalue weighted by atomic mass is 10.0. The number of aromatic nitrogens is 1. The molecule has 0 bridgehead atoms. The second-order valence-corrected chi connectivity index (χ2v) is 6.30. The minimum Gasteiger partial charge on any atom is -0.394 e. The van der Waals surface area contributed by atoms with Crippen molar-refractivity contribution in [3.8, 4) is 0 Å². The van der Waals surface area contributed by atoms with Gasteiger partial charge in [0, 0.05) is 17.8 Å². The molecule has 24 heavy (non-hydrogen) atoms. The number of pyridine rings is 1. The first-order chi connectivity index (χ1) is 11.7. The van der Waals surface area contributed by atoms with E-state index in [0.29, 0.717) is 11.6 Å². The van der Waals surface area contributed by atoms with Crippen molar-refractivity contribution in [2.24, 2.45) is 0 Å². The lowest BCUT2D eigenvalue weighted by Crippen LogP contribution is -2.45. The van der Waals surface area contributed by atoms with Crippen LogP contribution in [-0.4, -0.2) is 40.2 Å². The number of likely N-dealkylation sites (tertiary alicyclic amines) is 1. The van der Waals surface area contributed by atoms with E-state index in [4.69, 9.17) is 11.6 Å². The molecule has 1 aromatic carbocycles. The maximum absolute atomic E-state index is 12.7. The predicted molar refractivity (Wildman–Crippen MR) is 92.9 cm³/mol. The van der Waals surface area contributed by atoms with Crippen molar-refractivity contribution < 1.29 is 9.90 Å². The van der Waals surface area contributed by atoms with Crippen LogP contribution in [0.5, 0.6) is 0 Å². The Morgan fingerprint density at radius 1 is 1.38 bits per heavy atom. The highest BCUT2D eigenvalue weighted by atomic mass is 35.5. The van der Waals surface area contributed by atoms with E-state index in [9.17, 15) is 9.90 Å². The molecule has 0 aliphatic carbocycles. The molecule has 1 fully saturated rings. The first-order valence-electron chi connectivity index (χ1n) is 8.03. The number of hydrogen-bond acceptors (Lipinski definition) is 3. The fourth-order valence-corrected chi connectivity index (χ4v) is 3.26. The van der Waals surface area contributed by atoms with E-state index in [2.05, 4.69) is 10.3 Å². The minimum atomic E-state index is -0.391. The molecule has 0 radical (unpaired) electrons. The number of rotatable bonds is 4. The Kier molecular flexibility index (Phi) is 5.33. The lowest BCUT2D eigenvalue weighted by Gasteiger charge is -2.27. The van der Waals surface area contributed by atoms with Crippen LogP contribution in [0.25, 0.3) is 0 Å². The van der Waals surface area contributed by atoms with Crippen molar-refractivity contribution >= 4 is 17.6 Å². The van der Waals surface area contributed by atoms with Gasteiger partial charge in [-0.25, -0.2) is 4.79 Å². The van der Waals surface area contributed by atoms with Crippen LogP contribution in [0.1, 0.15) is 30.1 Å². The van der Waals surface area contributed by atoms with E-state index >= 15 is 0 Å². The lowest BCUT2D eigenvalue weighted by molar-refractivity contribution is 0.155. The highest BCUT2D eigenvalue weighted by Gasteiger charge is 2.30. The van der Waals surface area contributed by atoms with Crippen molar-refractivity contribution in [2.45, 2.75) is 24.9 Å². The second kappa shape index (κ2) is 7.64. The summed E-state index contributed by atoms with van der Waals surface area (Å²) in [4.78, 5) is 18.8. The van der Waals surface area contributed by atoms with Crippen LogP contribution in [0.3, 0.4) is 0 Å². The molecule has 1 saturated heterocycles. The van der Waals surface area contributed by atoms with E-state index in [1.807, 2.05) is 36.4 Å². The predicted octanol–water partition coefficient (Wildman–Crippen LogP) is 2.99. The van der Waals surface area contributed by atoms with E-state index in [1.54, 1.807) is 17.2 Å². The highest BCUT2D eigenvalue weighted by molar-refractivity contribution is 6.30. The molecule has 1 aromatic heterocycles. The number of amides is 2. The molecule has 6 heteroatoms. The van der Waals surface area contributed by atoms with E-state index in [0.717, 1.165) is 24.1 Å². The Labute approximate surface area is 146 Å². The number of aliphatic hydroxyl groups is 1. The van der Waals surface area contributed by atoms with Crippen LogP contribution in [-0.2, 0) is 0 Å². The Morgan fingerprint density at radius 2 is 2.25 bits per heavy atom. The zero-order valence-corrected chi connectivity index (χ0v) is 14.0. The van der Waals surface area contributed by atoms with Crippen molar-refractivity contribution in [2.75, 3.05) is 13.2 Å². The third-order valence-electron chi connectivity index (χ3n) is 4.28. The molecule has 0 spiro atoms. The molecule has 2 N–H and O–H groups in total. The van der Waals surface area contributed by atoms with E-state index in [1.165, 1.54) is 0 Å². The molecular weight excluding hydrogens is 326 g/mol. The van der Waals surface area contributed by atoms with E-state index in [-0.39, 0.29) is 18.7 Å². The number of halogens is 1. The van der Waals surface area contributed by atoms with E-state index < -0.39 is 6.04 Å². The minimum absolute atomic E-state index is 0.0150. The Morgan fingerprint density at radius 3 is 2.96 bits per heavy atom. The number of carbonyl (C=O) groups is 1. The normalized spacial score (nSPS) is 18.4. The summed E-state index contributed by atoms with van der Waals surface area (Å²) in [5, 5.41) is 13.1. The van der Waals surface area contributed by atoms with Gasteiger partial charge < -0.3 is 15.3 Å². The summed E-state index contributed by atoms with van der Waals surface area (Å²) in [5.74, 6) is 0. The monoisotopic (exact) mass is 345 g/mol. The number of nitrogens with zero attached hydrogens (tertiary/aromatic N) is 2. The maximum atomic E-state index is 12.7. The van der Waals surface area contributed by atoms with Gasteiger partial charge in [0.2, 0.25) is 0 Å². The largest absolute Gasteiger partial charge is 0.394 e. The van der Waals surface area contributed by atoms with Gasteiger partial charge in [0.05, 0.1) is 24.4 Å². The highest BCUT2D eigenvalue weighted by Crippen LogP contribution is 2.24. The number of urea groups is 1. The molecule has 3 rings (SSSR count). The van der Waals surface area contributed by atoms with Crippen LogP contribution in [0.2, 0.25) is 5.02 Å². The zero-order chi connectivity index (χ0) is 16.9. The topological polar surface area (TPSA) is 65.5 Å². The molecule has 5 nitrogen and oxygen atoms in total. The maximum Gasteiger partial charge on any atom is 0.318 e. The van der Waals surface area contributed by atoms with Crippen LogP contribution in [0.4, 0.5) is 4.79 Å². The average Bonchev–Trinajstić information content (AvgIpc) is 3.09. The Balaban J connectivity index is 1.87. The summed E-state index contributed by atoms with van der Waals surface area (Å²) in [6.07, 6.45) is 3.44. The quantitative estimate of drug-likeness (QED) is 0.895. The van der Waals surface area contributed by atoms with Crippen molar-refractivity contribution in [1.82, 2.24) is 15.2 Å². The first-order valence-corrected chi connectivity index (χ1v) is 8.41. The zero-order valence-electron chi connectivity index (χ0n) is 13.2. The molecule has 2 atom stereocenters. The summed E-state index contributed by atoms with van der Waals surface area (Å²) >= 11 is 6.11. The van der Waals surface area contributed by atoms with Crippen LogP contribution in [0.15, 0.2) is 48.7 Å². The molecule has 0 unspecified atom stereocenters.